The fourth-order valence-corrected chi connectivity index (χ4v) is 8.64. The predicted octanol–water partition coefficient (Wildman–Crippen LogP) is 16.3. The number of rotatable bonds is 44. The number of aliphatic hydroxyl groups excluding tert-OH is 1. The van der Waals surface area contributed by atoms with Crippen LogP contribution in [0.25, 0.3) is 0 Å². The first kappa shape index (κ1) is 56.9. The van der Waals surface area contributed by atoms with Crippen LogP contribution in [-0.2, 0) is 9.59 Å². The first-order valence-corrected chi connectivity index (χ1v) is 26.2. The van der Waals surface area contributed by atoms with Gasteiger partial charge in [0.1, 0.15) is 0 Å². The minimum absolute atomic E-state index is 0.233. The highest BCUT2D eigenvalue weighted by Crippen LogP contribution is 2.28. The molecule has 5 heteroatoms. The Bertz CT molecular complexity index is 813. The maximum atomic E-state index is 13.5. The van der Waals surface area contributed by atoms with Crippen LogP contribution in [0.1, 0.15) is 299 Å². The molecule has 0 aliphatic carbocycles. The van der Waals surface area contributed by atoms with Crippen LogP contribution in [0.3, 0.4) is 0 Å². The molecule has 0 aliphatic heterocycles. The second-order valence-corrected chi connectivity index (χ2v) is 20.2. The molecule has 0 atom stereocenters. The zero-order valence-electron chi connectivity index (χ0n) is 40.9. The Balaban J connectivity index is 4.51. The molecular weight excluding hydrogens is 713 g/mol. The Hall–Kier alpha value is -1.10. The molecule has 0 aromatic carbocycles. The SMILES string of the molecule is CCCCCCCCC(CCCCCCCC)NC(=O)C(C)(C)CCCCCC(O)CCCCCC(C)(C)C(=O)NC(CCCCCCCC)CCCCCCCC. The molecule has 0 heterocycles. The van der Waals surface area contributed by atoms with Crippen molar-refractivity contribution in [2.24, 2.45) is 10.8 Å². The molecular formula is C53H106N2O3. The molecule has 3 N–H and O–H groups in total. The van der Waals surface area contributed by atoms with Gasteiger partial charge in [-0.25, -0.2) is 0 Å². The topological polar surface area (TPSA) is 78.4 Å². The number of carbonyl (C=O) groups excluding carboxylic acids is 2. The predicted molar refractivity (Wildman–Crippen MR) is 256 cm³/mol. The largest absolute Gasteiger partial charge is 0.393 e. The van der Waals surface area contributed by atoms with E-state index >= 15 is 0 Å². The van der Waals surface area contributed by atoms with Gasteiger partial charge in [-0.1, -0.05) is 248 Å². The van der Waals surface area contributed by atoms with Gasteiger partial charge >= 0.3 is 0 Å². The molecule has 0 spiro atoms. The van der Waals surface area contributed by atoms with E-state index in [9.17, 15) is 14.7 Å². The lowest BCUT2D eigenvalue weighted by molar-refractivity contribution is -0.131. The number of hydrogen-bond acceptors (Lipinski definition) is 3. The van der Waals surface area contributed by atoms with Gasteiger partial charge in [0.25, 0.3) is 0 Å². The minimum atomic E-state index is -0.355. The second kappa shape index (κ2) is 38.8. The summed E-state index contributed by atoms with van der Waals surface area (Å²) in [5.41, 5.74) is -0.709. The first-order chi connectivity index (χ1) is 27.9. The normalized spacial score (nSPS) is 12.3. The Morgan fingerprint density at radius 2 is 0.586 bits per heavy atom. The molecule has 0 radical (unpaired) electrons. The lowest BCUT2D eigenvalue weighted by atomic mass is 9.84. The van der Waals surface area contributed by atoms with Gasteiger partial charge < -0.3 is 15.7 Å². The summed E-state index contributed by atoms with van der Waals surface area (Å²) >= 11 is 0. The summed E-state index contributed by atoms with van der Waals surface area (Å²) < 4.78 is 0. The zero-order valence-corrected chi connectivity index (χ0v) is 40.9. The maximum Gasteiger partial charge on any atom is 0.225 e. The molecule has 0 fully saturated rings. The lowest BCUT2D eigenvalue weighted by Gasteiger charge is -2.28. The Morgan fingerprint density at radius 1 is 0.362 bits per heavy atom. The smallest absolute Gasteiger partial charge is 0.225 e. The van der Waals surface area contributed by atoms with Crippen molar-refractivity contribution < 1.29 is 14.7 Å². The Labute approximate surface area is 364 Å². The van der Waals surface area contributed by atoms with Crippen LogP contribution < -0.4 is 10.6 Å². The number of carbonyl (C=O) groups is 2. The average molecular weight is 819 g/mol. The van der Waals surface area contributed by atoms with E-state index in [1.807, 2.05) is 0 Å². The summed E-state index contributed by atoms with van der Waals surface area (Å²) in [6.07, 6.45) is 45.1. The van der Waals surface area contributed by atoms with Gasteiger partial charge in [0.2, 0.25) is 11.8 Å². The third-order valence-corrected chi connectivity index (χ3v) is 13.2. The number of hydrogen-bond donors (Lipinski definition) is 3. The third-order valence-electron chi connectivity index (χ3n) is 13.2. The Morgan fingerprint density at radius 3 is 0.862 bits per heavy atom. The summed E-state index contributed by atoms with van der Waals surface area (Å²) in [6.45, 7) is 17.6. The van der Waals surface area contributed by atoms with Crippen LogP contribution in [0.15, 0.2) is 0 Å². The van der Waals surface area contributed by atoms with Crippen LogP contribution in [0, 0.1) is 10.8 Å². The van der Waals surface area contributed by atoms with E-state index in [2.05, 4.69) is 66.0 Å². The van der Waals surface area contributed by atoms with E-state index in [0.29, 0.717) is 12.1 Å². The van der Waals surface area contributed by atoms with Crippen LogP contribution in [0.5, 0.6) is 0 Å². The van der Waals surface area contributed by atoms with Gasteiger partial charge in [0.15, 0.2) is 0 Å². The van der Waals surface area contributed by atoms with Crippen molar-refractivity contribution in [3.8, 4) is 0 Å². The molecule has 0 saturated carbocycles. The molecule has 0 bridgehead atoms. The van der Waals surface area contributed by atoms with Gasteiger partial charge in [0.05, 0.1) is 6.10 Å². The molecule has 0 saturated heterocycles. The number of unbranched alkanes of at least 4 members (excludes halogenated alkanes) is 24. The van der Waals surface area contributed by atoms with Crippen LogP contribution in [-0.4, -0.2) is 35.1 Å². The Kier molecular flexibility index (Phi) is 38.1. The van der Waals surface area contributed by atoms with E-state index in [1.165, 1.54) is 154 Å². The van der Waals surface area contributed by atoms with Gasteiger partial charge in [-0.15, -0.1) is 0 Å². The van der Waals surface area contributed by atoms with Gasteiger partial charge in [-0.05, 0) is 51.4 Å². The third kappa shape index (κ3) is 33.6. The van der Waals surface area contributed by atoms with Crippen LogP contribution in [0.4, 0.5) is 0 Å². The standard InChI is InChI=1S/C53H106N2O3/c1-9-13-17-21-25-31-39-47(40-32-26-22-18-14-10-2)54-50(57)52(5,6)45-37-29-35-43-49(56)44-36-30-38-46-53(7,8)51(58)55-48(41-33-27-23-19-15-11-3)42-34-28-24-20-16-12-4/h47-49,56H,9-46H2,1-8H3,(H,54,57)(H,55,58). The summed E-state index contributed by atoms with van der Waals surface area (Å²) in [4.78, 5) is 27.0. The fraction of sp³-hybridized carbons (Fsp3) is 0.962. The molecule has 0 aliphatic rings. The molecule has 0 aromatic rings. The van der Waals surface area contributed by atoms with Crippen molar-refractivity contribution in [3.63, 3.8) is 0 Å². The highest BCUT2D eigenvalue weighted by Gasteiger charge is 2.30. The molecule has 2 amide bonds. The number of nitrogens with one attached hydrogen (secondary N) is 2. The van der Waals surface area contributed by atoms with Crippen molar-refractivity contribution in [1.82, 2.24) is 10.6 Å². The molecule has 5 nitrogen and oxygen atoms in total. The summed E-state index contributed by atoms with van der Waals surface area (Å²) in [7, 11) is 0. The summed E-state index contributed by atoms with van der Waals surface area (Å²) in [5, 5.41) is 17.7. The first-order valence-electron chi connectivity index (χ1n) is 26.2. The number of aliphatic hydroxyl groups is 1. The van der Waals surface area contributed by atoms with Crippen molar-refractivity contribution in [2.75, 3.05) is 0 Å². The highest BCUT2D eigenvalue weighted by atomic mass is 16.3. The van der Waals surface area contributed by atoms with Gasteiger partial charge in [0, 0.05) is 22.9 Å². The quantitative estimate of drug-likeness (QED) is 0.0536. The van der Waals surface area contributed by atoms with Gasteiger partial charge in [-0.2, -0.15) is 0 Å². The fourth-order valence-electron chi connectivity index (χ4n) is 8.64. The van der Waals surface area contributed by atoms with E-state index in [0.717, 1.165) is 89.9 Å². The second-order valence-electron chi connectivity index (χ2n) is 20.2. The van der Waals surface area contributed by atoms with Crippen LogP contribution >= 0.6 is 0 Å². The van der Waals surface area contributed by atoms with Crippen molar-refractivity contribution in [2.45, 2.75) is 318 Å². The minimum Gasteiger partial charge on any atom is -0.393 e. The van der Waals surface area contributed by atoms with Gasteiger partial charge in [-0.3, -0.25) is 9.59 Å². The average Bonchev–Trinajstić information content (AvgIpc) is 3.19. The highest BCUT2D eigenvalue weighted by molar-refractivity contribution is 5.82. The van der Waals surface area contributed by atoms with Crippen molar-refractivity contribution in [1.29, 1.82) is 0 Å². The van der Waals surface area contributed by atoms with E-state index < -0.39 is 0 Å². The zero-order chi connectivity index (χ0) is 43.2. The van der Waals surface area contributed by atoms with E-state index in [1.54, 1.807) is 0 Å². The molecule has 346 valence electrons. The number of amides is 2. The van der Waals surface area contributed by atoms with Crippen molar-refractivity contribution >= 4 is 11.8 Å². The molecule has 58 heavy (non-hydrogen) atoms. The van der Waals surface area contributed by atoms with Crippen LogP contribution in [0.2, 0.25) is 0 Å². The molecule has 0 aromatic heterocycles. The maximum absolute atomic E-state index is 13.5. The van der Waals surface area contributed by atoms with E-state index in [4.69, 9.17) is 0 Å². The van der Waals surface area contributed by atoms with Crippen molar-refractivity contribution in [3.05, 3.63) is 0 Å². The summed E-state index contributed by atoms with van der Waals surface area (Å²) in [5.74, 6) is 0.465. The monoisotopic (exact) mass is 819 g/mol. The molecule has 0 unspecified atom stereocenters. The lowest BCUT2D eigenvalue weighted by Crippen LogP contribution is -2.43. The molecule has 0 rings (SSSR count). The van der Waals surface area contributed by atoms with E-state index in [-0.39, 0.29) is 28.7 Å². The summed E-state index contributed by atoms with van der Waals surface area (Å²) in [6, 6.07) is 0.628.